The molecule has 0 aromatic heterocycles. The number of hydrogen-bond donors (Lipinski definition) is 1. The third kappa shape index (κ3) is 4.12. The molecule has 6 heteroatoms. The number of esters is 1. The normalized spacial score (nSPS) is 15.3. The van der Waals surface area contributed by atoms with Gasteiger partial charge in [-0.2, -0.15) is 13.2 Å². The molecule has 1 N–H and O–H groups in total. The van der Waals surface area contributed by atoms with E-state index in [1.165, 1.54) is 20.8 Å². The summed E-state index contributed by atoms with van der Waals surface area (Å²) in [6.45, 7) is 4.34. The molecule has 0 saturated heterocycles. The molecule has 0 aliphatic carbocycles. The van der Waals surface area contributed by atoms with Crippen molar-refractivity contribution in [3.8, 4) is 0 Å². The van der Waals surface area contributed by atoms with E-state index in [2.05, 4.69) is 4.74 Å². The maximum Gasteiger partial charge on any atom is 0.491 e. The second-order valence-corrected chi connectivity index (χ2v) is 3.62. The van der Waals surface area contributed by atoms with E-state index in [0.717, 1.165) is 0 Å². The lowest BCUT2D eigenvalue weighted by atomic mass is 9.96. The standard InChI is InChI=1S/C7H11F3O3/c1-6(2,3)4(11)13-5(12)7(8,9)10/h4,11H,1-3H3. The summed E-state index contributed by atoms with van der Waals surface area (Å²) >= 11 is 0. The Morgan fingerprint density at radius 2 is 1.69 bits per heavy atom. The third-order valence-electron chi connectivity index (χ3n) is 1.19. The van der Waals surface area contributed by atoms with E-state index in [0.29, 0.717) is 0 Å². The van der Waals surface area contributed by atoms with Gasteiger partial charge in [-0.3, -0.25) is 0 Å². The Labute approximate surface area is 73.5 Å². The molecule has 0 saturated carbocycles. The summed E-state index contributed by atoms with van der Waals surface area (Å²) in [5.41, 5.74) is -0.930. The van der Waals surface area contributed by atoms with Crippen LogP contribution in [0.3, 0.4) is 0 Å². The van der Waals surface area contributed by atoms with Crippen LogP contribution in [0.1, 0.15) is 20.8 Å². The fraction of sp³-hybridized carbons (Fsp3) is 0.857. The van der Waals surface area contributed by atoms with Gasteiger partial charge in [-0.1, -0.05) is 20.8 Å². The van der Waals surface area contributed by atoms with Gasteiger partial charge in [0, 0.05) is 5.41 Å². The van der Waals surface area contributed by atoms with Crippen LogP contribution >= 0.6 is 0 Å². The number of halogens is 3. The highest BCUT2D eigenvalue weighted by Gasteiger charge is 2.43. The number of alkyl halides is 3. The quantitative estimate of drug-likeness (QED) is 0.514. The van der Waals surface area contributed by atoms with Crippen LogP contribution in [0, 0.1) is 5.41 Å². The van der Waals surface area contributed by atoms with Crippen molar-refractivity contribution in [3.05, 3.63) is 0 Å². The van der Waals surface area contributed by atoms with Crippen LogP contribution in [-0.4, -0.2) is 23.5 Å². The fourth-order valence-electron chi connectivity index (χ4n) is 0.345. The number of carbonyl (C=O) groups excluding carboxylic acids is 1. The van der Waals surface area contributed by atoms with Gasteiger partial charge < -0.3 is 9.84 Å². The molecule has 1 atom stereocenters. The number of aliphatic hydroxyl groups excluding tert-OH is 1. The van der Waals surface area contributed by atoms with Gasteiger partial charge >= 0.3 is 12.1 Å². The number of hydrogen-bond acceptors (Lipinski definition) is 3. The zero-order valence-electron chi connectivity index (χ0n) is 7.47. The van der Waals surface area contributed by atoms with E-state index in [4.69, 9.17) is 5.11 Å². The SMILES string of the molecule is CC(C)(C)C(O)OC(=O)C(F)(F)F. The summed E-state index contributed by atoms with van der Waals surface area (Å²) in [5, 5.41) is 8.98. The second kappa shape index (κ2) is 3.53. The Morgan fingerprint density at radius 3 is 1.92 bits per heavy atom. The van der Waals surface area contributed by atoms with Crippen LogP contribution in [0.5, 0.6) is 0 Å². The van der Waals surface area contributed by atoms with Crippen molar-refractivity contribution in [2.75, 3.05) is 0 Å². The molecule has 0 aliphatic heterocycles. The maximum atomic E-state index is 11.6. The van der Waals surface area contributed by atoms with E-state index < -0.39 is 23.9 Å². The van der Waals surface area contributed by atoms with Crippen molar-refractivity contribution >= 4 is 5.97 Å². The second-order valence-electron chi connectivity index (χ2n) is 3.62. The molecule has 0 fully saturated rings. The number of aliphatic hydroxyl groups is 1. The first-order valence-electron chi connectivity index (χ1n) is 3.51. The Hall–Kier alpha value is -0.780. The van der Waals surface area contributed by atoms with Crippen LogP contribution in [0.4, 0.5) is 13.2 Å². The molecule has 0 aromatic rings. The lowest BCUT2D eigenvalue weighted by Crippen LogP contribution is -2.36. The molecule has 78 valence electrons. The van der Waals surface area contributed by atoms with Crippen LogP contribution in [0.25, 0.3) is 0 Å². The minimum atomic E-state index is -5.06. The summed E-state index contributed by atoms with van der Waals surface area (Å²) in [6, 6.07) is 0. The molecule has 0 bridgehead atoms. The minimum Gasteiger partial charge on any atom is -0.429 e. The van der Waals surface area contributed by atoms with Crippen molar-refractivity contribution in [1.82, 2.24) is 0 Å². The first-order valence-corrected chi connectivity index (χ1v) is 3.51. The fourth-order valence-corrected chi connectivity index (χ4v) is 0.345. The van der Waals surface area contributed by atoms with E-state index in [-0.39, 0.29) is 0 Å². The number of ether oxygens (including phenoxy) is 1. The number of rotatable bonds is 1. The summed E-state index contributed by atoms with van der Waals surface area (Å²) in [6.07, 6.45) is -6.83. The van der Waals surface area contributed by atoms with E-state index in [1.807, 2.05) is 0 Å². The Morgan fingerprint density at radius 1 is 1.31 bits per heavy atom. The summed E-state index contributed by atoms with van der Waals surface area (Å²) in [4.78, 5) is 10.2. The molecule has 1 unspecified atom stereocenters. The first-order chi connectivity index (χ1) is 5.55. The molecular formula is C7H11F3O3. The summed E-state index contributed by atoms with van der Waals surface area (Å²) in [7, 11) is 0. The molecule has 0 rings (SSSR count). The Kier molecular flexibility index (Phi) is 3.32. The van der Waals surface area contributed by atoms with E-state index in [1.54, 1.807) is 0 Å². The minimum absolute atomic E-state index is 0.930. The lowest BCUT2D eigenvalue weighted by Gasteiger charge is -2.25. The Balaban J connectivity index is 4.24. The van der Waals surface area contributed by atoms with Crippen LogP contribution < -0.4 is 0 Å². The molecule has 13 heavy (non-hydrogen) atoms. The topological polar surface area (TPSA) is 46.5 Å². The zero-order valence-corrected chi connectivity index (χ0v) is 7.47. The Bertz CT molecular complexity index is 192. The van der Waals surface area contributed by atoms with E-state index >= 15 is 0 Å². The maximum absolute atomic E-state index is 11.6. The van der Waals surface area contributed by atoms with Crippen molar-refractivity contribution in [2.45, 2.75) is 33.2 Å². The summed E-state index contributed by atoms with van der Waals surface area (Å²) in [5.74, 6) is -2.38. The molecule has 0 aliphatic rings. The van der Waals surface area contributed by atoms with Crippen molar-refractivity contribution in [3.63, 3.8) is 0 Å². The average Bonchev–Trinajstić information content (AvgIpc) is 1.82. The predicted molar refractivity (Wildman–Crippen MR) is 37.6 cm³/mol. The molecule has 3 nitrogen and oxygen atoms in total. The molecule has 0 spiro atoms. The van der Waals surface area contributed by atoms with E-state index in [9.17, 15) is 18.0 Å². The molecule has 0 amide bonds. The van der Waals surface area contributed by atoms with Gasteiger partial charge in [0.15, 0.2) is 0 Å². The average molecular weight is 200 g/mol. The lowest BCUT2D eigenvalue weighted by molar-refractivity contribution is -0.231. The largest absolute Gasteiger partial charge is 0.491 e. The third-order valence-corrected chi connectivity index (χ3v) is 1.19. The molecule has 0 radical (unpaired) electrons. The highest BCUT2D eigenvalue weighted by molar-refractivity contribution is 5.75. The highest BCUT2D eigenvalue weighted by Crippen LogP contribution is 2.24. The molecule has 0 aromatic carbocycles. The monoisotopic (exact) mass is 200 g/mol. The van der Waals surface area contributed by atoms with Crippen LogP contribution in [0.2, 0.25) is 0 Å². The van der Waals surface area contributed by atoms with Gasteiger partial charge in [0.2, 0.25) is 6.29 Å². The van der Waals surface area contributed by atoms with Gasteiger partial charge in [0.05, 0.1) is 0 Å². The van der Waals surface area contributed by atoms with Gasteiger partial charge in [-0.25, -0.2) is 4.79 Å². The molecule has 0 heterocycles. The van der Waals surface area contributed by atoms with Crippen molar-refractivity contribution in [2.24, 2.45) is 5.41 Å². The van der Waals surface area contributed by atoms with Crippen LogP contribution in [-0.2, 0) is 9.53 Å². The van der Waals surface area contributed by atoms with Crippen molar-refractivity contribution in [1.29, 1.82) is 0 Å². The highest BCUT2D eigenvalue weighted by atomic mass is 19.4. The van der Waals surface area contributed by atoms with Gasteiger partial charge in [-0.15, -0.1) is 0 Å². The van der Waals surface area contributed by atoms with Gasteiger partial charge in [-0.05, 0) is 0 Å². The zero-order chi connectivity index (χ0) is 10.9. The number of carbonyl (C=O) groups is 1. The summed E-state index contributed by atoms with van der Waals surface area (Å²) < 4.78 is 38.6. The van der Waals surface area contributed by atoms with Gasteiger partial charge in [0.25, 0.3) is 0 Å². The van der Waals surface area contributed by atoms with Gasteiger partial charge in [0.1, 0.15) is 0 Å². The first kappa shape index (κ1) is 12.2. The predicted octanol–water partition coefficient (Wildman–Crippen LogP) is 1.46. The van der Waals surface area contributed by atoms with Crippen molar-refractivity contribution < 1.29 is 27.8 Å². The molecular weight excluding hydrogens is 189 g/mol. The smallest absolute Gasteiger partial charge is 0.429 e. The van der Waals surface area contributed by atoms with Crippen LogP contribution in [0.15, 0.2) is 0 Å².